The standard InChI is InChI=1S/C27H34N10O5S.C27H31N9O5S/c1-41-12-13-42-27(25(38)34-35-26(29)30)10-8-17(9-11-27)21-22(43(2,39)40)23(28)37-24(33-21)20(15-32-37)18-14-31-36(16-18)19-6-4-3-5-7-19;1-39-12-13-40-27(25-33-34-26(29)41-25)10-8-17(9-11-27)21-22(42(2,37)38)23(28)36-24(32-21)20(15-31-36)18-14-30-35(16-18)19-6-4-3-5-7-19/h3-7,14-17H,8-13,28H2,1-2H3,(H,34,38)(H4,29,30,35);3-7,14-17H,8-13,28H2,1-2H3,(H2,29,34). The van der Waals surface area contributed by atoms with Gasteiger partial charge in [0.25, 0.3) is 5.91 Å². The van der Waals surface area contributed by atoms with Crippen LogP contribution in [0.5, 0.6) is 0 Å². The molecule has 0 bridgehead atoms. The maximum Gasteiger partial charge on any atom is 0.312 e. The summed E-state index contributed by atoms with van der Waals surface area (Å²) in [6, 6.07) is 19.3. The highest BCUT2D eigenvalue weighted by molar-refractivity contribution is 7.91. The molecule has 2 aromatic carbocycles. The summed E-state index contributed by atoms with van der Waals surface area (Å²) in [4.78, 5) is 22.8. The zero-order valence-corrected chi connectivity index (χ0v) is 48.6. The smallest absolute Gasteiger partial charge is 0.312 e. The first kappa shape index (κ1) is 59.3. The molecule has 1 amide bonds. The number of carbonyl (C=O) groups excluding carboxylic acids is 1. The molecule has 85 heavy (non-hydrogen) atoms. The van der Waals surface area contributed by atoms with Gasteiger partial charge in [-0.15, -0.1) is 10.2 Å². The number of hydrogen-bond donors (Lipinski definition) is 6. The molecule has 2 fully saturated rings. The normalized spacial score (nSPS) is 19.2. The molecule has 2 saturated carbocycles. The summed E-state index contributed by atoms with van der Waals surface area (Å²) >= 11 is 0. The van der Waals surface area contributed by atoms with Crippen molar-refractivity contribution in [3.8, 4) is 33.6 Å². The highest BCUT2D eigenvalue weighted by Gasteiger charge is 2.46. The number of amides is 1. The van der Waals surface area contributed by atoms with E-state index in [0.29, 0.717) is 85.5 Å². The fourth-order valence-corrected chi connectivity index (χ4v) is 13.1. The molecular weight excluding hydrogens is 1140 g/mol. The van der Waals surface area contributed by atoms with Gasteiger partial charge in [0.05, 0.1) is 74.0 Å². The molecule has 0 unspecified atom stereocenters. The summed E-state index contributed by atoms with van der Waals surface area (Å²) in [6.07, 6.45) is 15.8. The summed E-state index contributed by atoms with van der Waals surface area (Å²) in [5, 5.41) is 29.3. The first-order valence-electron chi connectivity index (χ1n) is 26.9. The molecule has 0 spiro atoms. The topological polar surface area (TPSA) is 412 Å². The van der Waals surface area contributed by atoms with E-state index in [4.69, 9.17) is 62.0 Å². The van der Waals surface area contributed by atoms with E-state index in [1.54, 1.807) is 41.3 Å². The number of sulfone groups is 2. The monoisotopic (exact) mass is 1200 g/mol. The zero-order chi connectivity index (χ0) is 60.3. The Morgan fingerprint density at radius 2 is 1.11 bits per heavy atom. The third kappa shape index (κ3) is 12.2. The summed E-state index contributed by atoms with van der Waals surface area (Å²) in [5.41, 5.74) is 35.8. The number of rotatable bonds is 19. The van der Waals surface area contributed by atoms with Crippen LogP contribution in [0.2, 0.25) is 0 Å². The predicted molar refractivity (Wildman–Crippen MR) is 311 cm³/mol. The molecule has 11 rings (SSSR count). The van der Waals surface area contributed by atoms with E-state index < -0.39 is 36.8 Å². The van der Waals surface area contributed by atoms with E-state index in [9.17, 15) is 21.6 Å². The van der Waals surface area contributed by atoms with Crippen LogP contribution in [-0.2, 0) is 49.0 Å². The van der Waals surface area contributed by atoms with E-state index in [1.165, 1.54) is 16.1 Å². The first-order valence-corrected chi connectivity index (χ1v) is 30.7. The van der Waals surface area contributed by atoms with Gasteiger partial charge >= 0.3 is 6.01 Å². The molecule has 2 aliphatic rings. The minimum atomic E-state index is -3.81. The Labute approximate surface area is 487 Å². The Morgan fingerprint density at radius 3 is 1.53 bits per heavy atom. The van der Waals surface area contributed by atoms with Crippen LogP contribution >= 0.6 is 0 Å². The number of hydrazone groups is 1. The van der Waals surface area contributed by atoms with Crippen LogP contribution in [0, 0.1) is 0 Å². The van der Waals surface area contributed by atoms with Crippen molar-refractivity contribution in [2.45, 2.75) is 84.2 Å². The van der Waals surface area contributed by atoms with Gasteiger partial charge in [-0.2, -0.15) is 29.4 Å². The Bertz CT molecular complexity index is 4110. The van der Waals surface area contributed by atoms with Crippen molar-refractivity contribution in [3.63, 3.8) is 0 Å². The number of methoxy groups -OCH3 is 2. The molecule has 0 saturated heterocycles. The van der Waals surface area contributed by atoms with Gasteiger partial charge in [-0.3, -0.25) is 4.79 Å². The van der Waals surface area contributed by atoms with Crippen LogP contribution in [0.4, 0.5) is 17.7 Å². The number of nitrogens with two attached hydrogens (primary N) is 5. The van der Waals surface area contributed by atoms with Gasteiger partial charge in [-0.1, -0.05) is 41.5 Å². The number of anilines is 3. The molecule has 0 atom stereocenters. The molecule has 0 aliphatic heterocycles. The van der Waals surface area contributed by atoms with E-state index in [2.05, 4.69) is 41.1 Å². The highest BCUT2D eigenvalue weighted by Crippen LogP contribution is 2.48. The fraction of sp³-hybridized carbons (Fsp3) is 0.370. The number of ether oxygens (including phenoxy) is 4. The molecule has 9 aromatic rings. The van der Waals surface area contributed by atoms with Gasteiger partial charge in [-0.05, 0) is 75.6 Å². The maximum absolute atomic E-state index is 13.1. The molecule has 7 heterocycles. The number of hydrogen-bond acceptors (Lipinski definition) is 22. The number of para-hydroxylation sites is 2. The van der Waals surface area contributed by atoms with E-state index in [1.807, 2.05) is 73.1 Å². The maximum atomic E-state index is 13.1. The van der Waals surface area contributed by atoms with Gasteiger partial charge in [0.2, 0.25) is 11.9 Å². The molecular formula is C54H65N19O10S2. The number of nitrogens with one attached hydrogen (secondary N) is 1. The quantitative estimate of drug-likeness (QED) is 0.0291. The molecule has 7 aromatic heterocycles. The zero-order valence-electron chi connectivity index (χ0n) is 47.0. The van der Waals surface area contributed by atoms with Crippen molar-refractivity contribution in [1.82, 2.24) is 64.4 Å². The van der Waals surface area contributed by atoms with Gasteiger partial charge in [0.1, 0.15) is 32.6 Å². The van der Waals surface area contributed by atoms with Gasteiger partial charge in [-0.25, -0.2) is 41.6 Å². The SMILES string of the molecule is COCCOC1(C(=O)NN=C(N)N)CCC(c2nc3c(-c4cnn(-c5ccccc5)c4)cnn3c(N)c2S(C)(=O)=O)CC1.COCCOC1(c2nnc(N)o2)CCC(c2nc3c(-c4cnn(-c5ccccc5)c4)cnn3c(N)c2S(C)(=O)=O)CC1. The van der Waals surface area contributed by atoms with Crippen LogP contribution < -0.4 is 34.1 Å². The predicted octanol–water partition coefficient (Wildman–Crippen LogP) is 3.68. The van der Waals surface area contributed by atoms with Gasteiger partial charge < -0.3 is 52.0 Å². The molecule has 29 nitrogen and oxygen atoms in total. The largest absolute Gasteiger partial charge is 0.405 e. The molecule has 2 aliphatic carbocycles. The second kappa shape index (κ2) is 24.4. The minimum Gasteiger partial charge on any atom is -0.405 e. The van der Waals surface area contributed by atoms with E-state index in [0.717, 1.165) is 35.0 Å². The Morgan fingerprint density at radius 1 is 0.647 bits per heavy atom. The lowest BCUT2D eigenvalue weighted by atomic mass is 9.76. The van der Waals surface area contributed by atoms with Crippen molar-refractivity contribution in [1.29, 1.82) is 0 Å². The summed E-state index contributed by atoms with van der Waals surface area (Å²) < 4.78 is 86.5. The van der Waals surface area contributed by atoms with Crippen molar-refractivity contribution >= 4 is 60.5 Å². The first-order chi connectivity index (χ1) is 40.7. The second-order valence-electron chi connectivity index (χ2n) is 20.7. The van der Waals surface area contributed by atoms with Crippen molar-refractivity contribution in [3.05, 3.63) is 115 Å². The molecule has 0 radical (unpaired) electrons. The number of nitrogen functional groups attached to an aromatic ring is 3. The second-order valence-corrected chi connectivity index (χ2v) is 24.6. The lowest BCUT2D eigenvalue weighted by Gasteiger charge is -2.38. The van der Waals surface area contributed by atoms with Crippen LogP contribution in [0.3, 0.4) is 0 Å². The average molecular weight is 1200 g/mol. The average Bonchev–Trinajstić information content (AvgIpc) is 1.97. The summed E-state index contributed by atoms with van der Waals surface area (Å²) in [7, 11) is -4.45. The van der Waals surface area contributed by atoms with Gasteiger partial charge in [0, 0.05) is 73.2 Å². The molecule has 448 valence electrons. The minimum absolute atomic E-state index is 0.0112. The number of fused-ring (bicyclic) bond motifs is 2. The Kier molecular flexibility index (Phi) is 17.0. The fourth-order valence-electron chi connectivity index (χ4n) is 11.0. The van der Waals surface area contributed by atoms with Crippen LogP contribution in [-0.4, -0.2) is 146 Å². The van der Waals surface area contributed by atoms with Crippen molar-refractivity contribution < 1.29 is 45.0 Å². The molecule has 31 heteroatoms. The van der Waals surface area contributed by atoms with Crippen LogP contribution in [0.25, 0.3) is 44.9 Å². The van der Waals surface area contributed by atoms with E-state index in [-0.39, 0.29) is 77.2 Å². The van der Waals surface area contributed by atoms with Crippen molar-refractivity contribution in [2.24, 2.45) is 16.6 Å². The number of carbonyl (C=O) groups is 1. The Hall–Kier alpha value is -8.88. The van der Waals surface area contributed by atoms with E-state index >= 15 is 0 Å². The number of guanidine groups is 1. The lowest BCUT2D eigenvalue weighted by Crippen LogP contribution is -2.50. The lowest BCUT2D eigenvalue weighted by molar-refractivity contribution is -0.154. The third-order valence-corrected chi connectivity index (χ3v) is 17.4. The van der Waals surface area contributed by atoms with Crippen LogP contribution in [0.15, 0.2) is 117 Å². The summed E-state index contributed by atoms with van der Waals surface area (Å²) in [6.45, 7) is 1.13. The number of benzene rings is 2. The third-order valence-electron chi connectivity index (χ3n) is 15.1. The highest BCUT2D eigenvalue weighted by atomic mass is 32.2. The Balaban J connectivity index is 0.000000189. The van der Waals surface area contributed by atoms with Gasteiger partial charge in [0.15, 0.2) is 31.0 Å². The van der Waals surface area contributed by atoms with Crippen LogP contribution in [0.1, 0.15) is 80.5 Å². The number of nitrogens with zero attached hydrogens (tertiary/aromatic N) is 13. The number of aromatic nitrogens is 12. The van der Waals surface area contributed by atoms with Crippen molar-refractivity contribution in [2.75, 3.05) is 70.4 Å². The summed E-state index contributed by atoms with van der Waals surface area (Å²) in [5.74, 6) is -1.13. The molecule has 11 N–H and O–H groups in total.